The third-order valence-electron chi connectivity index (χ3n) is 9.49. The van der Waals surface area contributed by atoms with Gasteiger partial charge in [0.25, 0.3) is 0 Å². The lowest BCUT2D eigenvalue weighted by Gasteiger charge is -2.22. The van der Waals surface area contributed by atoms with Crippen LogP contribution in [-0.4, -0.2) is 0 Å². The zero-order valence-corrected chi connectivity index (χ0v) is 24.8. The Morgan fingerprint density at radius 2 is 1.00 bits per heavy atom. The molecule has 2 heteroatoms. The second-order valence-corrected chi connectivity index (χ2v) is 12.1. The van der Waals surface area contributed by atoms with E-state index in [1.54, 1.807) is 0 Å². The SMILES string of the molecule is c1cc2c3c(cccc3c1)-c1cc(-c3ccc(-c4ccc(-c5cccc6oc7c8ccccc8ccc7c56)cc4)cc3)ccc1O2. The predicted octanol–water partition coefficient (Wildman–Crippen LogP) is 12.7. The summed E-state index contributed by atoms with van der Waals surface area (Å²) < 4.78 is 12.7. The second-order valence-electron chi connectivity index (χ2n) is 12.1. The average Bonchev–Trinajstić information content (AvgIpc) is 3.52. The molecular formula is C44H26O2. The molecule has 1 aromatic heterocycles. The van der Waals surface area contributed by atoms with Gasteiger partial charge in [-0.1, -0.05) is 127 Å². The van der Waals surface area contributed by atoms with E-state index < -0.39 is 0 Å². The summed E-state index contributed by atoms with van der Waals surface area (Å²) in [4.78, 5) is 0. The fourth-order valence-electron chi connectivity index (χ4n) is 7.24. The van der Waals surface area contributed by atoms with Crippen LogP contribution in [0.1, 0.15) is 0 Å². The molecule has 1 aliphatic rings. The van der Waals surface area contributed by atoms with E-state index in [2.05, 4.69) is 158 Å². The van der Waals surface area contributed by atoms with Gasteiger partial charge in [0.2, 0.25) is 0 Å². The fraction of sp³-hybridized carbons (Fsp3) is 0. The Bertz CT molecular complexity index is 2640. The first-order valence-corrected chi connectivity index (χ1v) is 15.7. The van der Waals surface area contributed by atoms with Gasteiger partial charge in [0.15, 0.2) is 0 Å². The number of rotatable bonds is 3. The maximum Gasteiger partial charge on any atom is 0.143 e. The predicted molar refractivity (Wildman–Crippen MR) is 191 cm³/mol. The van der Waals surface area contributed by atoms with Crippen LogP contribution in [0, 0.1) is 0 Å². The summed E-state index contributed by atoms with van der Waals surface area (Å²) in [5, 5.41) is 7.03. The molecular weight excluding hydrogens is 560 g/mol. The van der Waals surface area contributed by atoms with Crippen molar-refractivity contribution in [3.63, 3.8) is 0 Å². The van der Waals surface area contributed by atoms with E-state index in [-0.39, 0.29) is 0 Å². The zero-order chi connectivity index (χ0) is 30.2. The molecule has 0 saturated heterocycles. The molecule has 0 amide bonds. The first-order chi connectivity index (χ1) is 22.8. The molecule has 1 aliphatic heterocycles. The molecule has 46 heavy (non-hydrogen) atoms. The molecule has 10 rings (SSSR count). The quantitative estimate of drug-likeness (QED) is 0.205. The maximum absolute atomic E-state index is 6.42. The van der Waals surface area contributed by atoms with Crippen LogP contribution in [0.5, 0.6) is 11.5 Å². The standard InChI is InChI=1S/C44H26O2/c1-2-9-35-30(6-1)22-24-37-43-34(10-5-13-41(43)46-44(35)37)31-20-18-28(19-21-31)27-14-16-29(17-15-27)33-23-25-39-38(26-33)36-11-3-7-32-8-4-12-40(45-39)42(32)36/h1-26H. The Balaban J connectivity index is 0.983. The summed E-state index contributed by atoms with van der Waals surface area (Å²) in [6.45, 7) is 0. The summed E-state index contributed by atoms with van der Waals surface area (Å²) in [5.41, 5.74) is 11.3. The van der Waals surface area contributed by atoms with Gasteiger partial charge in [-0.15, -0.1) is 0 Å². The van der Waals surface area contributed by atoms with Gasteiger partial charge in [-0.05, 0) is 80.0 Å². The van der Waals surface area contributed by atoms with Crippen LogP contribution in [0.15, 0.2) is 162 Å². The minimum Gasteiger partial charge on any atom is -0.456 e. The van der Waals surface area contributed by atoms with Crippen molar-refractivity contribution in [1.29, 1.82) is 0 Å². The van der Waals surface area contributed by atoms with E-state index in [0.29, 0.717) is 0 Å². The molecule has 0 saturated carbocycles. The van der Waals surface area contributed by atoms with Crippen molar-refractivity contribution in [1.82, 2.24) is 0 Å². The molecule has 0 atom stereocenters. The zero-order valence-electron chi connectivity index (χ0n) is 24.8. The Morgan fingerprint density at radius 3 is 1.83 bits per heavy atom. The van der Waals surface area contributed by atoms with Crippen molar-refractivity contribution in [3.05, 3.63) is 158 Å². The highest BCUT2D eigenvalue weighted by molar-refractivity contribution is 6.19. The van der Waals surface area contributed by atoms with E-state index in [1.165, 1.54) is 55.1 Å². The fourth-order valence-corrected chi connectivity index (χ4v) is 7.24. The van der Waals surface area contributed by atoms with Crippen LogP contribution >= 0.6 is 0 Å². The smallest absolute Gasteiger partial charge is 0.143 e. The van der Waals surface area contributed by atoms with Gasteiger partial charge in [-0.2, -0.15) is 0 Å². The van der Waals surface area contributed by atoms with Crippen LogP contribution in [0.3, 0.4) is 0 Å². The van der Waals surface area contributed by atoms with Crippen molar-refractivity contribution in [2.24, 2.45) is 0 Å². The molecule has 0 N–H and O–H groups in total. The molecule has 2 heterocycles. The number of ether oxygens (including phenoxy) is 1. The van der Waals surface area contributed by atoms with E-state index >= 15 is 0 Å². The van der Waals surface area contributed by atoms with Gasteiger partial charge < -0.3 is 9.15 Å². The van der Waals surface area contributed by atoms with Crippen molar-refractivity contribution in [2.75, 3.05) is 0 Å². The molecule has 0 radical (unpaired) electrons. The third kappa shape index (κ3) is 3.77. The van der Waals surface area contributed by atoms with Gasteiger partial charge in [0, 0.05) is 27.1 Å². The molecule has 8 aromatic carbocycles. The highest BCUT2D eigenvalue weighted by Gasteiger charge is 2.20. The first-order valence-electron chi connectivity index (χ1n) is 15.7. The van der Waals surface area contributed by atoms with E-state index in [0.717, 1.165) is 44.4 Å². The number of hydrogen-bond acceptors (Lipinski definition) is 2. The maximum atomic E-state index is 6.42. The number of benzene rings is 8. The molecule has 0 aliphatic carbocycles. The molecule has 0 unspecified atom stereocenters. The van der Waals surface area contributed by atoms with Gasteiger partial charge in [-0.25, -0.2) is 0 Å². The molecule has 0 bridgehead atoms. The summed E-state index contributed by atoms with van der Waals surface area (Å²) in [5.74, 6) is 1.83. The normalized spacial score (nSPS) is 12.1. The summed E-state index contributed by atoms with van der Waals surface area (Å²) in [6, 6.07) is 56.1. The van der Waals surface area contributed by atoms with Crippen LogP contribution in [0.4, 0.5) is 0 Å². The van der Waals surface area contributed by atoms with Crippen molar-refractivity contribution >= 4 is 43.5 Å². The summed E-state index contributed by atoms with van der Waals surface area (Å²) in [6.07, 6.45) is 0. The monoisotopic (exact) mass is 586 g/mol. The second kappa shape index (κ2) is 9.69. The number of fused-ring (bicyclic) bond motifs is 7. The van der Waals surface area contributed by atoms with Crippen LogP contribution in [0.2, 0.25) is 0 Å². The van der Waals surface area contributed by atoms with Crippen molar-refractivity contribution in [3.8, 4) is 56.0 Å². The van der Waals surface area contributed by atoms with E-state index in [1.807, 2.05) is 0 Å². The Kier molecular flexibility index (Phi) is 5.31. The van der Waals surface area contributed by atoms with E-state index in [4.69, 9.17) is 9.15 Å². The lowest BCUT2D eigenvalue weighted by molar-refractivity contribution is 0.487. The van der Waals surface area contributed by atoms with Crippen LogP contribution in [-0.2, 0) is 0 Å². The Labute approximate surface area is 265 Å². The lowest BCUT2D eigenvalue weighted by atomic mass is 9.92. The topological polar surface area (TPSA) is 22.4 Å². The summed E-state index contributed by atoms with van der Waals surface area (Å²) >= 11 is 0. The van der Waals surface area contributed by atoms with Gasteiger partial charge in [-0.3, -0.25) is 0 Å². The largest absolute Gasteiger partial charge is 0.456 e. The summed E-state index contributed by atoms with van der Waals surface area (Å²) in [7, 11) is 0. The molecule has 9 aromatic rings. The number of furan rings is 1. The Hall–Kier alpha value is -6.12. The minimum absolute atomic E-state index is 0.902. The van der Waals surface area contributed by atoms with E-state index in [9.17, 15) is 0 Å². The van der Waals surface area contributed by atoms with Gasteiger partial charge in [0.05, 0.1) is 0 Å². The molecule has 0 fully saturated rings. The van der Waals surface area contributed by atoms with Crippen molar-refractivity contribution < 1.29 is 9.15 Å². The minimum atomic E-state index is 0.902. The highest BCUT2D eigenvalue weighted by atomic mass is 16.5. The highest BCUT2D eigenvalue weighted by Crippen LogP contribution is 2.47. The van der Waals surface area contributed by atoms with Crippen molar-refractivity contribution in [2.45, 2.75) is 0 Å². The number of hydrogen-bond donors (Lipinski definition) is 0. The van der Waals surface area contributed by atoms with Crippen LogP contribution in [0.25, 0.3) is 88.0 Å². The third-order valence-corrected chi connectivity index (χ3v) is 9.49. The molecule has 0 spiro atoms. The van der Waals surface area contributed by atoms with Gasteiger partial charge >= 0.3 is 0 Å². The average molecular weight is 587 g/mol. The van der Waals surface area contributed by atoms with Gasteiger partial charge in [0.1, 0.15) is 22.7 Å². The van der Waals surface area contributed by atoms with Crippen LogP contribution < -0.4 is 4.74 Å². The molecule has 214 valence electrons. The molecule has 2 nitrogen and oxygen atoms in total. The lowest BCUT2D eigenvalue weighted by Crippen LogP contribution is -1.97. The first kappa shape index (κ1) is 25.2. The Morgan fingerprint density at radius 1 is 0.348 bits per heavy atom.